The summed E-state index contributed by atoms with van der Waals surface area (Å²) in [6.45, 7) is 2.33. The molecule has 1 amide bonds. The molecule has 134 valence electrons. The van der Waals surface area contributed by atoms with Crippen LogP contribution in [0.4, 0.5) is 0 Å². The first-order valence-electron chi connectivity index (χ1n) is 8.71. The lowest BCUT2D eigenvalue weighted by molar-refractivity contribution is -0.139. The van der Waals surface area contributed by atoms with Crippen molar-refractivity contribution in [2.45, 2.75) is 38.5 Å². The van der Waals surface area contributed by atoms with Crippen molar-refractivity contribution in [1.82, 2.24) is 4.90 Å². The lowest BCUT2D eigenvalue weighted by atomic mass is 10.2. The second-order valence-corrected chi connectivity index (χ2v) is 6.44. The average molecular weight is 350 g/mol. The van der Waals surface area contributed by atoms with E-state index in [1.165, 1.54) is 0 Å². The molecular formula is C21H22N2O3. The molecule has 0 heterocycles. The number of nitriles is 1. The van der Waals surface area contributed by atoms with Gasteiger partial charge in [0.05, 0.1) is 18.7 Å². The van der Waals surface area contributed by atoms with Crippen molar-refractivity contribution in [3.63, 3.8) is 0 Å². The smallest absolute Gasteiger partial charge is 0.263 e. The Bertz CT molecular complexity index is 790. The summed E-state index contributed by atoms with van der Waals surface area (Å²) in [6, 6.07) is 16.9. The molecule has 0 aromatic heterocycles. The Morgan fingerprint density at radius 1 is 1.15 bits per heavy atom. The molecule has 1 aliphatic carbocycles. The fourth-order valence-electron chi connectivity index (χ4n) is 2.80. The van der Waals surface area contributed by atoms with Gasteiger partial charge in [-0.25, -0.2) is 0 Å². The lowest BCUT2D eigenvalue weighted by Crippen LogP contribution is -2.41. The second-order valence-electron chi connectivity index (χ2n) is 6.44. The summed E-state index contributed by atoms with van der Waals surface area (Å²) in [7, 11) is 1.64. The fraction of sp³-hybridized carbons (Fsp3) is 0.333. The first-order valence-corrected chi connectivity index (χ1v) is 8.71. The van der Waals surface area contributed by atoms with Gasteiger partial charge in [0.15, 0.2) is 6.10 Å². The van der Waals surface area contributed by atoms with Crippen molar-refractivity contribution >= 4 is 5.91 Å². The third kappa shape index (κ3) is 4.34. The van der Waals surface area contributed by atoms with Gasteiger partial charge in [-0.15, -0.1) is 0 Å². The van der Waals surface area contributed by atoms with Crippen molar-refractivity contribution in [3.05, 3.63) is 59.7 Å². The summed E-state index contributed by atoms with van der Waals surface area (Å²) in [5.41, 5.74) is 1.63. The highest BCUT2D eigenvalue weighted by Crippen LogP contribution is 2.30. The summed E-state index contributed by atoms with van der Waals surface area (Å²) in [5.74, 6) is 1.37. The molecule has 0 N–H and O–H groups in total. The molecular weight excluding hydrogens is 328 g/mol. The molecule has 1 saturated carbocycles. The van der Waals surface area contributed by atoms with Crippen LogP contribution in [-0.4, -0.2) is 30.1 Å². The van der Waals surface area contributed by atoms with Crippen molar-refractivity contribution in [2.75, 3.05) is 7.11 Å². The Labute approximate surface area is 153 Å². The number of benzene rings is 2. The van der Waals surface area contributed by atoms with Crippen molar-refractivity contribution in [3.8, 4) is 17.6 Å². The van der Waals surface area contributed by atoms with Gasteiger partial charge in [0.1, 0.15) is 11.5 Å². The van der Waals surface area contributed by atoms with Crippen LogP contribution in [0.15, 0.2) is 48.5 Å². The Morgan fingerprint density at radius 3 is 2.31 bits per heavy atom. The largest absolute Gasteiger partial charge is 0.497 e. The number of amides is 1. The quantitative estimate of drug-likeness (QED) is 0.766. The van der Waals surface area contributed by atoms with Crippen LogP contribution in [0.25, 0.3) is 0 Å². The Balaban J connectivity index is 1.66. The number of nitrogens with zero attached hydrogens (tertiary/aromatic N) is 2. The van der Waals surface area contributed by atoms with Crippen molar-refractivity contribution < 1.29 is 14.3 Å². The lowest BCUT2D eigenvalue weighted by Gasteiger charge is -2.26. The minimum absolute atomic E-state index is 0.0207. The number of carbonyl (C=O) groups excluding carboxylic acids is 1. The summed E-state index contributed by atoms with van der Waals surface area (Å²) >= 11 is 0. The molecule has 5 heteroatoms. The number of ether oxygens (including phenoxy) is 2. The minimum Gasteiger partial charge on any atom is -0.497 e. The van der Waals surface area contributed by atoms with E-state index in [9.17, 15) is 4.79 Å². The Kier molecular flexibility index (Phi) is 5.43. The van der Waals surface area contributed by atoms with Gasteiger partial charge in [-0.1, -0.05) is 12.1 Å². The van der Waals surface area contributed by atoms with E-state index < -0.39 is 6.10 Å². The maximum Gasteiger partial charge on any atom is 0.263 e. The molecule has 0 bridgehead atoms. The Morgan fingerprint density at radius 2 is 1.77 bits per heavy atom. The van der Waals surface area contributed by atoms with Crippen LogP contribution in [0.5, 0.6) is 11.5 Å². The van der Waals surface area contributed by atoms with Gasteiger partial charge < -0.3 is 14.4 Å². The molecule has 0 radical (unpaired) electrons. The summed E-state index contributed by atoms with van der Waals surface area (Å²) in [5, 5.41) is 8.85. The monoisotopic (exact) mass is 350 g/mol. The van der Waals surface area contributed by atoms with Crippen LogP contribution < -0.4 is 9.47 Å². The number of hydrogen-bond acceptors (Lipinski definition) is 4. The van der Waals surface area contributed by atoms with Gasteiger partial charge in [-0.05, 0) is 61.7 Å². The molecule has 2 aromatic carbocycles. The number of carbonyl (C=O) groups is 1. The van der Waals surface area contributed by atoms with Gasteiger partial charge in [0.25, 0.3) is 5.91 Å². The van der Waals surface area contributed by atoms with E-state index in [4.69, 9.17) is 14.7 Å². The number of methoxy groups -OCH3 is 1. The molecule has 1 atom stereocenters. The summed E-state index contributed by atoms with van der Waals surface area (Å²) < 4.78 is 11.0. The molecule has 3 rings (SSSR count). The molecule has 5 nitrogen and oxygen atoms in total. The zero-order valence-electron chi connectivity index (χ0n) is 15.0. The van der Waals surface area contributed by atoms with Crippen molar-refractivity contribution in [2.24, 2.45) is 0 Å². The van der Waals surface area contributed by atoms with Crippen LogP contribution in [0.3, 0.4) is 0 Å². The van der Waals surface area contributed by atoms with Crippen LogP contribution in [0, 0.1) is 11.3 Å². The maximum atomic E-state index is 12.9. The molecule has 1 aliphatic rings. The van der Waals surface area contributed by atoms with E-state index >= 15 is 0 Å². The molecule has 2 aromatic rings. The summed E-state index contributed by atoms with van der Waals surface area (Å²) in [6.07, 6.45) is 1.48. The molecule has 0 aliphatic heterocycles. The van der Waals surface area contributed by atoms with Crippen LogP contribution in [0.2, 0.25) is 0 Å². The predicted octanol–water partition coefficient (Wildman–Crippen LogP) is 3.53. The normalized spacial score (nSPS) is 14.2. The first kappa shape index (κ1) is 17.8. The van der Waals surface area contributed by atoms with Crippen LogP contribution >= 0.6 is 0 Å². The zero-order valence-corrected chi connectivity index (χ0v) is 15.0. The third-order valence-electron chi connectivity index (χ3n) is 4.43. The standard InChI is InChI=1S/C21H22N2O3/c1-15(26-20-11-3-16(13-22)4-12-20)21(24)23(18-7-8-18)14-17-5-9-19(25-2)10-6-17/h3-6,9-12,15,18H,7-8,14H2,1-2H3/t15-/m1/s1. The predicted molar refractivity (Wildman–Crippen MR) is 97.8 cm³/mol. The topological polar surface area (TPSA) is 62.6 Å². The fourth-order valence-corrected chi connectivity index (χ4v) is 2.80. The van der Waals surface area contributed by atoms with Gasteiger partial charge in [-0.3, -0.25) is 4.79 Å². The molecule has 0 saturated heterocycles. The molecule has 0 unspecified atom stereocenters. The van der Waals surface area contributed by atoms with E-state index in [0.29, 0.717) is 17.9 Å². The van der Waals surface area contributed by atoms with E-state index in [1.807, 2.05) is 29.2 Å². The van der Waals surface area contributed by atoms with Crippen LogP contribution in [0.1, 0.15) is 30.9 Å². The highest BCUT2D eigenvalue weighted by Gasteiger charge is 2.35. The van der Waals surface area contributed by atoms with Gasteiger partial charge in [0.2, 0.25) is 0 Å². The SMILES string of the molecule is COc1ccc(CN(C(=O)[C@@H](C)Oc2ccc(C#N)cc2)C2CC2)cc1. The molecule has 0 spiro atoms. The highest BCUT2D eigenvalue weighted by atomic mass is 16.5. The third-order valence-corrected chi connectivity index (χ3v) is 4.43. The minimum atomic E-state index is -0.582. The van der Waals surface area contributed by atoms with Gasteiger partial charge in [0, 0.05) is 12.6 Å². The van der Waals surface area contributed by atoms with Gasteiger partial charge >= 0.3 is 0 Å². The van der Waals surface area contributed by atoms with Crippen LogP contribution in [-0.2, 0) is 11.3 Å². The Hall–Kier alpha value is -3.00. The highest BCUT2D eigenvalue weighted by molar-refractivity contribution is 5.81. The number of rotatable bonds is 7. The first-order chi connectivity index (χ1) is 12.6. The van der Waals surface area contributed by atoms with E-state index in [0.717, 1.165) is 24.2 Å². The average Bonchev–Trinajstić information content (AvgIpc) is 3.51. The zero-order chi connectivity index (χ0) is 18.5. The van der Waals surface area contributed by atoms with E-state index in [-0.39, 0.29) is 11.9 Å². The van der Waals surface area contributed by atoms with Gasteiger partial charge in [-0.2, -0.15) is 5.26 Å². The number of hydrogen-bond donors (Lipinski definition) is 0. The molecule has 26 heavy (non-hydrogen) atoms. The second kappa shape index (κ2) is 7.92. The van der Waals surface area contributed by atoms with E-state index in [2.05, 4.69) is 6.07 Å². The summed E-state index contributed by atoms with van der Waals surface area (Å²) in [4.78, 5) is 14.8. The maximum absolute atomic E-state index is 12.9. The van der Waals surface area contributed by atoms with E-state index in [1.54, 1.807) is 38.3 Å². The molecule has 1 fully saturated rings. The van der Waals surface area contributed by atoms with Crippen molar-refractivity contribution in [1.29, 1.82) is 5.26 Å².